The molecule has 4 nitrogen and oxygen atoms in total. The maximum absolute atomic E-state index is 10.9. The molecule has 0 fully saturated rings. The summed E-state index contributed by atoms with van der Waals surface area (Å²) in [7, 11) is 0. The van der Waals surface area contributed by atoms with Crippen LogP contribution in [-0.4, -0.2) is 22.5 Å². The van der Waals surface area contributed by atoms with Gasteiger partial charge in [0.05, 0.1) is 5.69 Å². The van der Waals surface area contributed by atoms with Crippen LogP contribution in [0.3, 0.4) is 0 Å². The summed E-state index contributed by atoms with van der Waals surface area (Å²) in [6.45, 7) is 2.81. The molecule has 5 heteroatoms. The second-order valence-electron chi connectivity index (χ2n) is 3.32. The average Bonchev–Trinajstić information content (AvgIpc) is 2.80. The topological polar surface area (TPSA) is 38.1 Å². The number of hydrogen-bond donors (Lipinski definition) is 0. The van der Waals surface area contributed by atoms with Gasteiger partial charge in [0.2, 0.25) is 0 Å². The molecule has 0 aromatic carbocycles. The first-order valence-electron chi connectivity index (χ1n) is 5.17. The molecular weight excluding hydrogens is 238 g/mol. The molecule has 17 heavy (non-hydrogen) atoms. The minimum atomic E-state index is 0. The lowest BCUT2D eigenvalue weighted by Gasteiger charge is -2.25. The van der Waals surface area contributed by atoms with Crippen molar-refractivity contribution in [2.24, 2.45) is 0 Å². The van der Waals surface area contributed by atoms with Crippen LogP contribution in [0.1, 0.15) is 17.4 Å². The molecule has 2 heterocycles. The Balaban J connectivity index is 0.00000144. The molecule has 0 aliphatic heterocycles. The zero-order chi connectivity index (χ0) is 11.4. The van der Waals surface area contributed by atoms with Gasteiger partial charge >= 0.3 is 0 Å². The fraction of sp³-hybridized carbons (Fsp3) is 0.167. The number of aromatic nitrogens is 2. The highest BCUT2D eigenvalue weighted by molar-refractivity contribution is 5.85. The Morgan fingerprint density at radius 2 is 2.06 bits per heavy atom. The molecular formula is C12H14ClN3O. The Hall–Kier alpha value is -1.81. The normalized spacial score (nSPS) is 9.47. The van der Waals surface area contributed by atoms with E-state index in [2.05, 4.69) is 4.98 Å². The Kier molecular flexibility index (Phi) is 4.72. The van der Waals surface area contributed by atoms with Gasteiger partial charge in [-0.2, -0.15) is 0 Å². The van der Waals surface area contributed by atoms with Crippen molar-refractivity contribution in [2.75, 3.05) is 11.6 Å². The average molecular weight is 252 g/mol. The van der Waals surface area contributed by atoms with Crippen LogP contribution in [0.4, 0.5) is 5.69 Å². The largest absolute Gasteiger partial charge is 0.296 e. The zero-order valence-corrected chi connectivity index (χ0v) is 10.3. The molecule has 0 saturated carbocycles. The fourth-order valence-electron chi connectivity index (χ4n) is 1.67. The number of aldehydes is 1. The summed E-state index contributed by atoms with van der Waals surface area (Å²) in [6.07, 6.45) is 6.20. The highest BCUT2D eigenvalue weighted by Crippen LogP contribution is 2.14. The lowest BCUT2D eigenvalue weighted by atomic mass is 10.4. The third-order valence-electron chi connectivity index (χ3n) is 2.40. The van der Waals surface area contributed by atoms with Crippen molar-refractivity contribution in [1.29, 1.82) is 0 Å². The molecule has 90 valence electrons. The van der Waals surface area contributed by atoms with Gasteiger partial charge in [-0.3, -0.25) is 19.5 Å². The van der Waals surface area contributed by atoms with E-state index in [9.17, 15) is 4.79 Å². The number of carbonyl (C=O) groups is 1. The van der Waals surface area contributed by atoms with Crippen molar-refractivity contribution in [3.05, 3.63) is 48.5 Å². The van der Waals surface area contributed by atoms with Crippen molar-refractivity contribution < 1.29 is 4.79 Å². The van der Waals surface area contributed by atoms with Crippen molar-refractivity contribution >= 4 is 24.4 Å². The molecule has 2 aromatic rings. The molecule has 0 atom stereocenters. The third-order valence-corrected chi connectivity index (χ3v) is 2.40. The maximum atomic E-state index is 10.9. The number of carbonyl (C=O) groups excluding carboxylic acids is 1. The molecule has 0 N–H and O–H groups in total. The van der Waals surface area contributed by atoms with Crippen LogP contribution in [-0.2, 0) is 0 Å². The predicted octanol–water partition coefficient (Wildman–Crippen LogP) is 2.41. The third kappa shape index (κ3) is 2.65. The minimum Gasteiger partial charge on any atom is -0.296 e. The van der Waals surface area contributed by atoms with Crippen molar-refractivity contribution in [3.8, 4) is 0 Å². The van der Waals surface area contributed by atoms with Crippen LogP contribution < -0.4 is 5.01 Å². The van der Waals surface area contributed by atoms with Gasteiger partial charge in [0.15, 0.2) is 6.29 Å². The van der Waals surface area contributed by atoms with E-state index in [1.165, 1.54) is 0 Å². The molecule has 2 aromatic heterocycles. The monoisotopic (exact) mass is 251 g/mol. The second kappa shape index (κ2) is 6.06. The van der Waals surface area contributed by atoms with E-state index < -0.39 is 0 Å². The Morgan fingerprint density at radius 3 is 2.65 bits per heavy atom. The summed E-state index contributed by atoms with van der Waals surface area (Å²) in [5.74, 6) is 0. The molecule has 0 spiro atoms. The van der Waals surface area contributed by atoms with Crippen LogP contribution in [0.2, 0.25) is 0 Å². The fourth-order valence-corrected chi connectivity index (χ4v) is 1.67. The van der Waals surface area contributed by atoms with Gasteiger partial charge < -0.3 is 0 Å². The lowest BCUT2D eigenvalue weighted by Crippen LogP contribution is -2.29. The van der Waals surface area contributed by atoms with E-state index >= 15 is 0 Å². The van der Waals surface area contributed by atoms with E-state index in [-0.39, 0.29) is 12.4 Å². The van der Waals surface area contributed by atoms with Crippen LogP contribution >= 0.6 is 12.4 Å². The van der Waals surface area contributed by atoms with E-state index in [0.29, 0.717) is 5.69 Å². The van der Waals surface area contributed by atoms with Crippen LogP contribution in [0.15, 0.2) is 42.9 Å². The van der Waals surface area contributed by atoms with Gasteiger partial charge in [-0.15, -0.1) is 12.4 Å². The highest BCUT2D eigenvalue weighted by Gasteiger charge is 2.08. The number of halogens is 1. The van der Waals surface area contributed by atoms with Crippen LogP contribution in [0, 0.1) is 0 Å². The molecule has 2 rings (SSSR count). The van der Waals surface area contributed by atoms with Gasteiger partial charge in [0.25, 0.3) is 0 Å². The molecule has 0 aliphatic carbocycles. The first kappa shape index (κ1) is 13.3. The summed E-state index contributed by atoms with van der Waals surface area (Å²) in [6, 6.07) is 7.47. The number of rotatable bonds is 4. The molecule has 0 unspecified atom stereocenters. The van der Waals surface area contributed by atoms with E-state index in [1.807, 2.05) is 41.0 Å². The predicted molar refractivity (Wildman–Crippen MR) is 69.7 cm³/mol. The number of hydrogen-bond acceptors (Lipinski definition) is 3. The van der Waals surface area contributed by atoms with Gasteiger partial charge in [0.1, 0.15) is 5.69 Å². The molecule has 0 radical (unpaired) electrons. The maximum Gasteiger partial charge on any atom is 0.168 e. The Morgan fingerprint density at radius 1 is 1.35 bits per heavy atom. The number of nitrogens with zero attached hydrogens (tertiary/aromatic N) is 3. The summed E-state index contributed by atoms with van der Waals surface area (Å²) in [4.78, 5) is 14.9. The summed E-state index contributed by atoms with van der Waals surface area (Å²) < 4.78 is 1.84. The van der Waals surface area contributed by atoms with E-state index in [0.717, 1.165) is 18.5 Å². The van der Waals surface area contributed by atoms with E-state index in [4.69, 9.17) is 0 Å². The molecule has 0 saturated heterocycles. The molecule has 0 bridgehead atoms. The van der Waals surface area contributed by atoms with Crippen molar-refractivity contribution in [2.45, 2.75) is 6.92 Å². The van der Waals surface area contributed by atoms with Crippen molar-refractivity contribution in [3.63, 3.8) is 0 Å². The van der Waals surface area contributed by atoms with Crippen LogP contribution in [0.5, 0.6) is 0 Å². The smallest absolute Gasteiger partial charge is 0.168 e. The summed E-state index contributed by atoms with van der Waals surface area (Å²) in [5, 5.41) is 2.01. The second-order valence-corrected chi connectivity index (χ2v) is 3.32. The SMILES string of the molecule is CCN(c1ccncc1)n1cccc1C=O.Cl. The minimum absolute atomic E-state index is 0. The van der Waals surface area contributed by atoms with Gasteiger partial charge in [-0.25, -0.2) is 0 Å². The van der Waals surface area contributed by atoms with Gasteiger partial charge in [0, 0.05) is 25.1 Å². The number of pyridine rings is 1. The van der Waals surface area contributed by atoms with Gasteiger partial charge in [-0.05, 0) is 31.2 Å². The molecule has 0 aliphatic rings. The quantitative estimate of drug-likeness (QED) is 0.784. The standard InChI is InChI=1S/C12H13N3O.ClH/c1-2-14(11-5-7-13-8-6-11)15-9-3-4-12(15)10-16;/h3-10H,2H2,1H3;1H. The molecule has 0 amide bonds. The van der Waals surface area contributed by atoms with E-state index in [1.54, 1.807) is 18.5 Å². The zero-order valence-electron chi connectivity index (χ0n) is 9.48. The first-order chi connectivity index (χ1) is 7.86. The number of anilines is 1. The Labute approximate surface area is 106 Å². The summed E-state index contributed by atoms with van der Waals surface area (Å²) >= 11 is 0. The first-order valence-corrected chi connectivity index (χ1v) is 5.17. The lowest BCUT2D eigenvalue weighted by molar-refractivity contribution is 0.111. The summed E-state index contributed by atoms with van der Waals surface area (Å²) in [5.41, 5.74) is 1.65. The van der Waals surface area contributed by atoms with Crippen molar-refractivity contribution in [1.82, 2.24) is 9.66 Å². The van der Waals surface area contributed by atoms with Gasteiger partial charge in [-0.1, -0.05) is 0 Å². The Bertz CT molecular complexity index is 470. The highest BCUT2D eigenvalue weighted by atomic mass is 35.5. The van der Waals surface area contributed by atoms with Crippen LogP contribution in [0.25, 0.3) is 0 Å².